The fraction of sp³-hybridized carbons (Fsp3) is 0.381. The van der Waals surface area contributed by atoms with Crippen LogP contribution in [0, 0.1) is 0 Å². The molecule has 1 aliphatic rings. The molecule has 0 saturated carbocycles. The summed E-state index contributed by atoms with van der Waals surface area (Å²) in [6.45, 7) is 6.38. The number of fused-ring (bicyclic) bond motifs is 1. The lowest BCUT2D eigenvalue weighted by molar-refractivity contribution is -0.131. The second kappa shape index (κ2) is 8.45. The number of hydrogen-bond donors (Lipinski definition) is 0. The second-order valence-corrected chi connectivity index (χ2v) is 6.67. The Bertz CT molecular complexity index is 791. The average molecular weight is 374 g/mol. The summed E-state index contributed by atoms with van der Waals surface area (Å²) in [5.41, 5.74) is 3.21. The molecule has 26 heavy (non-hydrogen) atoms. The molecule has 2 aromatic rings. The summed E-state index contributed by atoms with van der Waals surface area (Å²) in [5.74, 6) is 1.62. The van der Waals surface area contributed by atoms with Gasteiger partial charge < -0.3 is 14.4 Å². The van der Waals surface area contributed by atoms with E-state index in [4.69, 9.17) is 21.1 Å². The molecule has 4 nitrogen and oxygen atoms in total. The maximum Gasteiger partial charge on any atom is 0.227 e. The van der Waals surface area contributed by atoms with Crippen LogP contribution in [0.1, 0.15) is 30.5 Å². The van der Waals surface area contributed by atoms with Crippen LogP contribution in [0.3, 0.4) is 0 Å². The summed E-state index contributed by atoms with van der Waals surface area (Å²) in [6.07, 6.45) is 1.14. The minimum Gasteiger partial charge on any atom is -0.490 e. The van der Waals surface area contributed by atoms with Crippen molar-refractivity contribution in [1.82, 2.24) is 4.90 Å². The first-order valence-corrected chi connectivity index (χ1v) is 9.42. The lowest BCUT2D eigenvalue weighted by atomic mass is 9.98. The lowest BCUT2D eigenvalue weighted by Crippen LogP contribution is -2.37. The maximum atomic E-state index is 12.7. The predicted octanol–water partition coefficient (Wildman–Crippen LogP) is 4.26. The number of halogens is 1. The van der Waals surface area contributed by atoms with E-state index in [0.29, 0.717) is 37.7 Å². The van der Waals surface area contributed by atoms with E-state index in [1.165, 1.54) is 5.56 Å². The SMILES string of the molecule is CCOc1cc2c(cc1OCC)CN(C(=O)Cc1ccccc1Cl)CC2. The van der Waals surface area contributed by atoms with Crippen molar-refractivity contribution in [2.24, 2.45) is 0 Å². The molecule has 2 aromatic carbocycles. The summed E-state index contributed by atoms with van der Waals surface area (Å²) in [7, 11) is 0. The molecule has 0 saturated heterocycles. The van der Waals surface area contributed by atoms with Crippen LogP contribution in [0.2, 0.25) is 5.02 Å². The van der Waals surface area contributed by atoms with Crippen molar-refractivity contribution in [2.75, 3.05) is 19.8 Å². The van der Waals surface area contributed by atoms with Gasteiger partial charge in [-0.2, -0.15) is 0 Å². The molecule has 1 aliphatic heterocycles. The van der Waals surface area contributed by atoms with Gasteiger partial charge in [-0.1, -0.05) is 29.8 Å². The molecule has 0 unspecified atom stereocenters. The first kappa shape index (κ1) is 18.6. The third-order valence-corrected chi connectivity index (χ3v) is 4.90. The molecule has 0 spiro atoms. The number of rotatable bonds is 6. The smallest absolute Gasteiger partial charge is 0.227 e. The van der Waals surface area contributed by atoms with Crippen molar-refractivity contribution in [3.63, 3.8) is 0 Å². The Morgan fingerprint density at radius 2 is 1.73 bits per heavy atom. The van der Waals surface area contributed by atoms with Crippen molar-refractivity contribution in [3.8, 4) is 11.5 Å². The van der Waals surface area contributed by atoms with Crippen LogP contribution in [0.5, 0.6) is 11.5 Å². The van der Waals surface area contributed by atoms with Crippen molar-refractivity contribution in [1.29, 1.82) is 0 Å². The number of amides is 1. The van der Waals surface area contributed by atoms with Gasteiger partial charge in [0.05, 0.1) is 19.6 Å². The van der Waals surface area contributed by atoms with Gasteiger partial charge in [0, 0.05) is 18.1 Å². The van der Waals surface area contributed by atoms with E-state index in [1.54, 1.807) is 0 Å². The molecule has 0 aromatic heterocycles. The zero-order valence-electron chi connectivity index (χ0n) is 15.3. The molecule has 1 heterocycles. The number of carbonyl (C=O) groups excluding carboxylic acids is 1. The first-order valence-electron chi connectivity index (χ1n) is 9.05. The van der Waals surface area contributed by atoms with Crippen LogP contribution < -0.4 is 9.47 Å². The van der Waals surface area contributed by atoms with E-state index in [-0.39, 0.29) is 5.91 Å². The molecule has 0 N–H and O–H groups in total. The van der Waals surface area contributed by atoms with Crippen molar-refractivity contribution >= 4 is 17.5 Å². The van der Waals surface area contributed by atoms with E-state index in [2.05, 4.69) is 6.07 Å². The number of hydrogen-bond acceptors (Lipinski definition) is 3. The molecule has 1 amide bonds. The Hall–Kier alpha value is -2.20. The zero-order chi connectivity index (χ0) is 18.5. The second-order valence-electron chi connectivity index (χ2n) is 6.27. The predicted molar refractivity (Wildman–Crippen MR) is 103 cm³/mol. The standard InChI is InChI=1S/C21H24ClNO3/c1-3-25-19-11-15-9-10-23(14-17(15)12-20(19)26-4-2)21(24)13-16-7-5-6-8-18(16)22/h5-8,11-12H,3-4,9-10,13-14H2,1-2H3. The molecule has 0 aliphatic carbocycles. The monoisotopic (exact) mass is 373 g/mol. The minimum absolute atomic E-state index is 0.0931. The Morgan fingerprint density at radius 1 is 1.08 bits per heavy atom. The normalized spacial score (nSPS) is 13.3. The van der Waals surface area contributed by atoms with Crippen molar-refractivity contribution in [3.05, 3.63) is 58.1 Å². The third-order valence-electron chi connectivity index (χ3n) is 4.53. The summed E-state index contributed by atoms with van der Waals surface area (Å²) >= 11 is 6.19. The van der Waals surface area contributed by atoms with Gasteiger partial charge in [-0.25, -0.2) is 0 Å². The molecule has 5 heteroatoms. The highest BCUT2D eigenvalue weighted by atomic mass is 35.5. The van der Waals surface area contributed by atoms with E-state index >= 15 is 0 Å². The fourth-order valence-corrected chi connectivity index (χ4v) is 3.43. The molecule has 0 atom stereocenters. The number of ether oxygens (including phenoxy) is 2. The van der Waals surface area contributed by atoms with Crippen LogP contribution in [0.15, 0.2) is 36.4 Å². The van der Waals surface area contributed by atoms with Gasteiger partial charge in [-0.05, 0) is 55.2 Å². The lowest BCUT2D eigenvalue weighted by Gasteiger charge is -2.30. The molecular formula is C21H24ClNO3. The summed E-state index contributed by atoms with van der Waals surface area (Å²) in [4.78, 5) is 14.6. The summed E-state index contributed by atoms with van der Waals surface area (Å²) < 4.78 is 11.4. The Labute approximate surface area is 159 Å². The van der Waals surface area contributed by atoms with Crippen LogP contribution in [0.4, 0.5) is 0 Å². The summed E-state index contributed by atoms with van der Waals surface area (Å²) in [5, 5.41) is 0.637. The largest absolute Gasteiger partial charge is 0.490 e. The average Bonchev–Trinajstić information content (AvgIpc) is 2.64. The van der Waals surface area contributed by atoms with Crippen molar-refractivity contribution < 1.29 is 14.3 Å². The van der Waals surface area contributed by atoms with Crippen LogP contribution in [-0.2, 0) is 24.2 Å². The molecular weight excluding hydrogens is 350 g/mol. The molecule has 0 bridgehead atoms. The van der Waals surface area contributed by atoms with E-state index in [9.17, 15) is 4.79 Å². The molecule has 0 radical (unpaired) electrons. The van der Waals surface area contributed by atoms with Gasteiger partial charge in [-0.15, -0.1) is 0 Å². The quantitative estimate of drug-likeness (QED) is 0.759. The Balaban J connectivity index is 1.77. The van der Waals surface area contributed by atoms with Crippen LogP contribution >= 0.6 is 11.6 Å². The van der Waals surface area contributed by atoms with Gasteiger partial charge in [-0.3, -0.25) is 4.79 Å². The number of carbonyl (C=O) groups is 1. The topological polar surface area (TPSA) is 38.8 Å². The van der Waals surface area contributed by atoms with Gasteiger partial charge in [0.2, 0.25) is 5.91 Å². The van der Waals surface area contributed by atoms with Crippen LogP contribution in [-0.4, -0.2) is 30.6 Å². The van der Waals surface area contributed by atoms with E-state index in [0.717, 1.165) is 29.0 Å². The highest BCUT2D eigenvalue weighted by molar-refractivity contribution is 6.31. The Morgan fingerprint density at radius 3 is 2.38 bits per heavy atom. The first-order chi connectivity index (χ1) is 12.6. The van der Waals surface area contributed by atoms with Gasteiger partial charge in [0.25, 0.3) is 0 Å². The number of nitrogens with zero attached hydrogens (tertiary/aromatic N) is 1. The number of benzene rings is 2. The van der Waals surface area contributed by atoms with Crippen LogP contribution in [0.25, 0.3) is 0 Å². The highest BCUT2D eigenvalue weighted by Crippen LogP contribution is 2.34. The third kappa shape index (κ3) is 4.13. The molecule has 0 fully saturated rings. The zero-order valence-corrected chi connectivity index (χ0v) is 16.0. The highest BCUT2D eigenvalue weighted by Gasteiger charge is 2.23. The molecule has 138 valence electrons. The maximum absolute atomic E-state index is 12.7. The molecule has 3 rings (SSSR count). The van der Waals surface area contributed by atoms with E-state index in [1.807, 2.05) is 49.1 Å². The Kier molecular flexibility index (Phi) is 6.04. The minimum atomic E-state index is 0.0931. The summed E-state index contributed by atoms with van der Waals surface area (Å²) in [6, 6.07) is 11.6. The van der Waals surface area contributed by atoms with Gasteiger partial charge >= 0.3 is 0 Å². The van der Waals surface area contributed by atoms with E-state index < -0.39 is 0 Å². The van der Waals surface area contributed by atoms with Gasteiger partial charge in [0.1, 0.15) is 0 Å². The fourth-order valence-electron chi connectivity index (χ4n) is 3.23. The van der Waals surface area contributed by atoms with Crippen molar-refractivity contribution in [2.45, 2.75) is 33.2 Å². The van der Waals surface area contributed by atoms with Gasteiger partial charge in [0.15, 0.2) is 11.5 Å².